The maximum absolute atomic E-state index is 12.0. The molecule has 1 saturated heterocycles. The molecule has 1 aliphatic rings. The first-order valence-corrected chi connectivity index (χ1v) is 7.03. The largest absolute Gasteiger partial charge is 0.497 e. The zero-order chi connectivity index (χ0) is 14.4. The van der Waals surface area contributed by atoms with E-state index in [-0.39, 0.29) is 12.0 Å². The molecule has 0 spiro atoms. The highest BCUT2D eigenvalue weighted by molar-refractivity contribution is 5.95. The zero-order valence-electron chi connectivity index (χ0n) is 11.9. The van der Waals surface area contributed by atoms with E-state index in [4.69, 9.17) is 15.2 Å². The molecule has 1 heterocycles. The molecule has 0 saturated carbocycles. The average molecular weight is 278 g/mol. The molecule has 5 heteroatoms. The molecule has 1 fully saturated rings. The smallest absolute Gasteiger partial charge is 0.251 e. The second-order valence-electron chi connectivity index (χ2n) is 5.03. The highest BCUT2D eigenvalue weighted by Crippen LogP contribution is 2.18. The fourth-order valence-electron chi connectivity index (χ4n) is 2.35. The van der Waals surface area contributed by atoms with Crippen molar-refractivity contribution in [3.63, 3.8) is 0 Å². The summed E-state index contributed by atoms with van der Waals surface area (Å²) in [4.78, 5) is 12.0. The van der Waals surface area contributed by atoms with E-state index in [2.05, 4.69) is 5.32 Å². The van der Waals surface area contributed by atoms with E-state index in [1.54, 1.807) is 25.3 Å². The molecule has 0 aliphatic carbocycles. The lowest BCUT2D eigenvalue weighted by Gasteiger charge is -2.22. The van der Waals surface area contributed by atoms with Gasteiger partial charge in [-0.05, 0) is 37.8 Å². The fraction of sp³-hybridized carbons (Fsp3) is 0.533. The summed E-state index contributed by atoms with van der Waals surface area (Å²) < 4.78 is 10.7. The van der Waals surface area contributed by atoms with Gasteiger partial charge >= 0.3 is 0 Å². The van der Waals surface area contributed by atoms with Gasteiger partial charge in [-0.2, -0.15) is 0 Å². The Morgan fingerprint density at radius 1 is 1.45 bits per heavy atom. The van der Waals surface area contributed by atoms with Crippen LogP contribution in [0.1, 0.15) is 36.0 Å². The molecule has 0 radical (unpaired) electrons. The number of methoxy groups -OCH3 is 1. The first kappa shape index (κ1) is 14.7. The molecule has 0 aromatic heterocycles. The number of nitrogens with two attached hydrogens (primary N) is 1. The van der Waals surface area contributed by atoms with Crippen molar-refractivity contribution in [3.8, 4) is 5.75 Å². The summed E-state index contributed by atoms with van der Waals surface area (Å²) in [5.41, 5.74) is 6.78. The molecule has 1 aromatic rings. The lowest BCUT2D eigenvalue weighted by Crippen LogP contribution is -2.29. The Morgan fingerprint density at radius 3 is 3.00 bits per heavy atom. The van der Waals surface area contributed by atoms with E-state index in [1.165, 1.54) is 6.42 Å². The lowest BCUT2D eigenvalue weighted by molar-refractivity contribution is 0.0117. The predicted molar refractivity (Wildman–Crippen MR) is 77.9 cm³/mol. The number of hydrogen-bond acceptors (Lipinski definition) is 4. The van der Waals surface area contributed by atoms with E-state index < -0.39 is 0 Å². The maximum atomic E-state index is 12.0. The first-order chi connectivity index (χ1) is 9.69. The minimum Gasteiger partial charge on any atom is -0.497 e. The third kappa shape index (κ3) is 4.13. The average Bonchev–Trinajstić information content (AvgIpc) is 2.47. The summed E-state index contributed by atoms with van der Waals surface area (Å²) in [6.07, 6.45) is 4.57. The Labute approximate surface area is 119 Å². The first-order valence-electron chi connectivity index (χ1n) is 7.03. The molecule has 3 N–H and O–H groups in total. The molecular formula is C15H22N2O3. The topological polar surface area (TPSA) is 73.6 Å². The molecule has 1 aromatic carbocycles. The molecule has 20 heavy (non-hydrogen) atoms. The Bertz CT molecular complexity index is 456. The molecule has 110 valence electrons. The van der Waals surface area contributed by atoms with Crippen LogP contribution in [-0.2, 0) is 4.74 Å². The molecular weight excluding hydrogens is 256 g/mol. The van der Waals surface area contributed by atoms with Crippen LogP contribution in [0.25, 0.3) is 0 Å². The Hall–Kier alpha value is -1.75. The van der Waals surface area contributed by atoms with Gasteiger partial charge in [0.25, 0.3) is 5.91 Å². The molecule has 1 unspecified atom stereocenters. The van der Waals surface area contributed by atoms with Crippen molar-refractivity contribution in [1.29, 1.82) is 0 Å². The molecule has 0 bridgehead atoms. The Balaban J connectivity index is 1.83. The van der Waals surface area contributed by atoms with Crippen molar-refractivity contribution in [2.75, 3.05) is 26.0 Å². The minimum atomic E-state index is -0.133. The van der Waals surface area contributed by atoms with Gasteiger partial charge in [-0.3, -0.25) is 4.79 Å². The van der Waals surface area contributed by atoms with E-state index in [0.29, 0.717) is 23.5 Å². The minimum absolute atomic E-state index is 0.133. The summed E-state index contributed by atoms with van der Waals surface area (Å²) in [6.45, 7) is 1.45. The van der Waals surface area contributed by atoms with Gasteiger partial charge < -0.3 is 20.5 Å². The number of rotatable bonds is 5. The third-order valence-electron chi connectivity index (χ3n) is 3.45. The number of hydrogen-bond donors (Lipinski definition) is 2. The summed E-state index contributed by atoms with van der Waals surface area (Å²) in [5.74, 6) is 0.456. The van der Waals surface area contributed by atoms with Crippen molar-refractivity contribution >= 4 is 11.6 Å². The summed E-state index contributed by atoms with van der Waals surface area (Å²) in [5, 5.41) is 2.89. The van der Waals surface area contributed by atoms with Gasteiger partial charge in [0.05, 0.1) is 13.2 Å². The van der Waals surface area contributed by atoms with Gasteiger partial charge in [0.15, 0.2) is 0 Å². The summed E-state index contributed by atoms with van der Waals surface area (Å²) >= 11 is 0. The SMILES string of the molecule is COc1cc(N)cc(C(=O)NCCC2CCCCO2)c1. The third-order valence-corrected chi connectivity index (χ3v) is 3.45. The lowest BCUT2D eigenvalue weighted by atomic mass is 10.1. The number of amides is 1. The van der Waals surface area contributed by atoms with Crippen LogP contribution in [0.3, 0.4) is 0 Å². The van der Waals surface area contributed by atoms with Gasteiger partial charge in [-0.15, -0.1) is 0 Å². The predicted octanol–water partition coefficient (Wildman–Crippen LogP) is 1.97. The molecule has 1 amide bonds. The number of ether oxygens (including phenoxy) is 2. The zero-order valence-corrected chi connectivity index (χ0v) is 11.9. The fourth-order valence-corrected chi connectivity index (χ4v) is 2.35. The number of benzene rings is 1. The quantitative estimate of drug-likeness (QED) is 0.808. The molecule has 1 aliphatic heterocycles. The van der Waals surface area contributed by atoms with Gasteiger partial charge in [-0.1, -0.05) is 0 Å². The Kier molecular flexibility index (Phi) is 5.24. The number of carbonyl (C=O) groups is 1. The second-order valence-corrected chi connectivity index (χ2v) is 5.03. The second kappa shape index (κ2) is 7.14. The van der Waals surface area contributed by atoms with Crippen LogP contribution in [0.4, 0.5) is 5.69 Å². The van der Waals surface area contributed by atoms with E-state index in [9.17, 15) is 4.79 Å². The van der Waals surface area contributed by atoms with Crippen molar-refractivity contribution in [2.24, 2.45) is 0 Å². The van der Waals surface area contributed by atoms with Gasteiger partial charge in [0, 0.05) is 30.5 Å². The normalized spacial score (nSPS) is 18.6. The highest BCUT2D eigenvalue weighted by atomic mass is 16.5. The van der Waals surface area contributed by atoms with Crippen LogP contribution < -0.4 is 15.8 Å². The van der Waals surface area contributed by atoms with E-state index >= 15 is 0 Å². The van der Waals surface area contributed by atoms with Crippen molar-refractivity contribution in [2.45, 2.75) is 31.8 Å². The van der Waals surface area contributed by atoms with Crippen LogP contribution in [0.5, 0.6) is 5.75 Å². The van der Waals surface area contributed by atoms with Crippen LogP contribution >= 0.6 is 0 Å². The number of nitrogens with one attached hydrogen (secondary N) is 1. The molecule has 5 nitrogen and oxygen atoms in total. The van der Waals surface area contributed by atoms with Gasteiger partial charge in [-0.25, -0.2) is 0 Å². The van der Waals surface area contributed by atoms with E-state index in [1.807, 2.05) is 0 Å². The van der Waals surface area contributed by atoms with Crippen molar-refractivity contribution in [3.05, 3.63) is 23.8 Å². The molecule has 2 rings (SSSR count). The monoisotopic (exact) mass is 278 g/mol. The Morgan fingerprint density at radius 2 is 2.30 bits per heavy atom. The number of anilines is 1. The van der Waals surface area contributed by atoms with Crippen molar-refractivity contribution in [1.82, 2.24) is 5.32 Å². The van der Waals surface area contributed by atoms with Crippen LogP contribution in [0.15, 0.2) is 18.2 Å². The number of carbonyl (C=O) groups excluding carboxylic acids is 1. The highest BCUT2D eigenvalue weighted by Gasteiger charge is 2.14. The van der Waals surface area contributed by atoms with E-state index in [0.717, 1.165) is 25.9 Å². The summed E-state index contributed by atoms with van der Waals surface area (Å²) in [6, 6.07) is 5.02. The summed E-state index contributed by atoms with van der Waals surface area (Å²) in [7, 11) is 1.55. The van der Waals surface area contributed by atoms with Crippen LogP contribution in [0.2, 0.25) is 0 Å². The van der Waals surface area contributed by atoms with Crippen LogP contribution in [-0.4, -0.2) is 32.3 Å². The van der Waals surface area contributed by atoms with Gasteiger partial charge in [0.2, 0.25) is 0 Å². The number of nitrogen functional groups attached to an aromatic ring is 1. The maximum Gasteiger partial charge on any atom is 0.251 e. The van der Waals surface area contributed by atoms with Gasteiger partial charge in [0.1, 0.15) is 5.75 Å². The van der Waals surface area contributed by atoms with Crippen LogP contribution in [0, 0.1) is 0 Å². The van der Waals surface area contributed by atoms with Crippen molar-refractivity contribution < 1.29 is 14.3 Å². The standard InChI is InChI=1S/C15H22N2O3/c1-19-14-9-11(8-12(16)10-14)15(18)17-6-5-13-4-2-3-7-20-13/h8-10,13H,2-7,16H2,1H3,(H,17,18). The molecule has 1 atom stereocenters.